The van der Waals surface area contributed by atoms with Gasteiger partial charge >= 0.3 is 0 Å². The SMILES string of the molecule is CCNC(=NCc1ccc(OC2CCCC2)nc1)N1CCC(C)C(n2ccnc2)C1.I. The monoisotopic (exact) mass is 538 g/mol. The van der Waals surface area contributed by atoms with Crippen LogP contribution in [0.3, 0.4) is 0 Å². The summed E-state index contributed by atoms with van der Waals surface area (Å²) in [5.74, 6) is 2.32. The number of imidazole rings is 1. The predicted molar refractivity (Wildman–Crippen MR) is 134 cm³/mol. The number of halogens is 1. The van der Waals surface area contributed by atoms with Gasteiger partial charge in [-0.25, -0.2) is 15.0 Å². The summed E-state index contributed by atoms with van der Waals surface area (Å²) in [6.45, 7) is 7.87. The lowest BCUT2D eigenvalue weighted by atomic mass is 9.93. The van der Waals surface area contributed by atoms with Crippen LogP contribution in [0, 0.1) is 5.92 Å². The van der Waals surface area contributed by atoms with Crippen molar-refractivity contribution in [2.75, 3.05) is 19.6 Å². The number of nitrogens with one attached hydrogen (secondary N) is 1. The Bertz CT molecular complexity index is 804. The van der Waals surface area contributed by atoms with Gasteiger partial charge in [-0.1, -0.05) is 13.0 Å². The molecule has 0 aromatic carbocycles. The molecule has 2 fully saturated rings. The van der Waals surface area contributed by atoms with Gasteiger partial charge in [0.15, 0.2) is 5.96 Å². The van der Waals surface area contributed by atoms with E-state index in [-0.39, 0.29) is 24.0 Å². The average molecular weight is 538 g/mol. The van der Waals surface area contributed by atoms with Gasteiger partial charge in [-0.2, -0.15) is 0 Å². The molecule has 170 valence electrons. The molecule has 2 aliphatic rings. The average Bonchev–Trinajstić information content (AvgIpc) is 3.47. The molecule has 1 saturated heterocycles. The lowest BCUT2D eigenvalue weighted by Crippen LogP contribution is -2.49. The number of hydrogen-bond acceptors (Lipinski definition) is 4. The summed E-state index contributed by atoms with van der Waals surface area (Å²) >= 11 is 0. The molecule has 2 unspecified atom stereocenters. The van der Waals surface area contributed by atoms with Crippen molar-refractivity contribution >= 4 is 29.9 Å². The molecular formula is C23H35IN6O. The zero-order valence-corrected chi connectivity index (χ0v) is 20.9. The molecule has 0 spiro atoms. The fourth-order valence-corrected chi connectivity index (χ4v) is 4.44. The minimum Gasteiger partial charge on any atom is -0.474 e. The second-order valence-electron chi connectivity index (χ2n) is 8.49. The molecule has 0 bridgehead atoms. The molecule has 0 amide bonds. The molecule has 31 heavy (non-hydrogen) atoms. The number of ether oxygens (including phenoxy) is 1. The van der Waals surface area contributed by atoms with Crippen LogP contribution < -0.4 is 10.1 Å². The normalized spacial score (nSPS) is 22.3. The Kier molecular flexibility index (Phi) is 8.98. The van der Waals surface area contributed by atoms with Gasteiger partial charge in [-0.05, 0) is 50.5 Å². The van der Waals surface area contributed by atoms with Gasteiger partial charge in [0.25, 0.3) is 0 Å². The summed E-state index contributed by atoms with van der Waals surface area (Å²) in [6, 6.07) is 4.48. The van der Waals surface area contributed by atoms with E-state index >= 15 is 0 Å². The lowest BCUT2D eigenvalue weighted by molar-refractivity contribution is 0.189. The zero-order chi connectivity index (χ0) is 20.8. The van der Waals surface area contributed by atoms with E-state index in [0.717, 1.165) is 56.3 Å². The molecule has 1 N–H and O–H groups in total. The highest BCUT2D eigenvalue weighted by molar-refractivity contribution is 14.0. The molecule has 0 radical (unpaired) electrons. The highest BCUT2D eigenvalue weighted by atomic mass is 127. The van der Waals surface area contributed by atoms with Crippen molar-refractivity contribution in [3.05, 3.63) is 42.6 Å². The maximum Gasteiger partial charge on any atom is 0.213 e. The minimum absolute atomic E-state index is 0. The fraction of sp³-hybridized carbons (Fsp3) is 0.609. The summed E-state index contributed by atoms with van der Waals surface area (Å²) < 4.78 is 8.20. The van der Waals surface area contributed by atoms with E-state index in [2.05, 4.69) is 50.9 Å². The largest absolute Gasteiger partial charge is 0.474 e. The van der Waals surface area contributed by atoms with Crippen LogP contribution in [0.15, 0.2) is 42.0 Å². The number of guanidine groups is 1. The van der Waals surface area contributed by atoms with E-state index < -0.39 is 0 Å². The van der Waals surface area contributed by atoms with Gasteiger partial charge in [0.2, 0.25) is 5.88 Å². The number of piperidine rings is 1. The summed E-state index contributed by atoms with van der Waals surface area (Å²) in [6.07, 6.45) is 14.0. The predicted octanol–water partition coefficient (Wildman–Crippen LogP) is 4.27. The number of hydrogen-bond donors (Lipinski definition) is 1. The third-order valence-corrected chi connectivity index (χ3v) is 6.26. The first-order valence-electron chi connectivity index (χ1n) is 11.3. The Morgan fingerprint density at radius 2 is 2.10 bits per heavy atom. The van der Waals surface area contributed by atoms with Crippen molar-refractivity contribution in [3.63, 3.8) is 0 Å². The third-order valence-electron chi connectivity index (χ3n) is 6.26. The maximum absolute atomic E-state index is 5.97. The quantitative estimate of drug-likeness (QED) is 0.338. The van der Waals surface area contributed by atoms with Gasteiger partial charge in [0, 0.05) is 44.3 Å². The van der Waals surface area contributed by atoms with Crippen molar-refractivity contribution in [3.8, 4) is 5.88 Å². The molecule has 7 nitrogen and oxygen atoms in total. The molecule has 2 aromatic heterocycles. The van der Waals surface area contributed by atoms with Crippen LogP contribution in [0.2, 0.25) is 0 Å². The summed E-state index contributed by atoms with van der Waals surface area (Å²) in [7, 11) is 0. The molecule has 3 heterocycles. The van der Waals surface area contributed by atoms with Gasteiger partial charge in [0.05, 0.1) is 18.9 Å². The lowest BCUT2D eigenvalue weighted by Gasteiger charge is -2.39. The van der Waals surface area contributed by atoms with E-state index in [0.29, 0.717) is 24.6 Å². The summed E-state index contributed by atoms with van der Waals surface area (Å²) in [5, 5.41) is 3.47. The number of aromatic nitrogens is 3. The summed E-state index contributed by atoms with van der Waals surface area (Å²) in [4.78, 5) is 16.0. The number of aliphatic imine (C=N–C) groups is 1. The van der Waals surface area contributed by atoms with Crippen LogP contribution in [0.1, 0.15) is 57.6 Å². The van der Waals surface area contributed by atoms with E-state index in [4.69, 9.17) is 9.73 Å². The Hall–Kier alpha value is -1.84. The van der Waals surface area contributed by atoms with Crippen molar-refractivity contribution in [1.82, 2.24) is 24.8 Å². The van der Waals surface area contributed by atoms with Crippen LogP contribution in [0.25, 0.3) is 0 Å². The molecule has 1 aliphatic heterocycles. The molecule has 1 aliphatic carbocycles. The van der Waals surface area contributed by atoms with Crippen molar-refractivity contribution in [1.29, 1.82) is 0 Å². The van der Waals surface area contributed by atoms with Gasteiger partial charge < -0.3 is 19.5 Å². The Balaban J connectivity index is 0.00000272. The van der Waals surface area contributed by atoms with E-state index in [1.807, 2.05) is 24.8 Å². The van der Waals surface area contributed by atoms with Crippen molar-refractivity contribution in [2.45, 2.75) is 64.6 Å². The molecule has 4 rings (SSSR count). The van der Waals surface area contributed by atoms with Crippen LogP contribution in [-0.2, 0) is 6.54 Å². The number of nitrogens with zero attached hydrogens (tertiary/aromatic N) is 5. The highest BCUT2D eigenvalue weighted by Crippen LogP contribution is 2.27. The van der Waals surface area contributed by atoms with Crippen molar-refractivity contribution in [2.24, 2.45) is 10.9 Å². The molecule has 1 saturated carbocycles. The highest BCUT2D eigenvalue weighted by Gasteiger charge is 2.28. The van der Waals surface area contributed by atoms with Crippen molar-refractivity contribution < 1.29 is 4.74 Å². The van der Waals surface area contributed by atoms with Crippen LogP contribution in [0.4, 0.5) is 0 Å². The summed E-state index contributed by atoms with van der Waals surface area (Å²) in [5.41, 5.74) is 1.10. The van der Waals surface area contributed by atoms with Crippen LogP contribution in [-0.4, -0.2) is 51.1 Å². The minimum atomic E-state index is 0. The second kappa shape index (κ2) is 11.7. The Labute approximate surface area is 202 Å². The fourth-order valence-electron chi connectivity index (χ4n) is 4.44. The number of rotatable bonds is 6. The molecule has 8 heteroatoms. The first kappa shape index (κ1) is 23.8. The molecular weight excluding hydrogens is 503 g/mol. The first-order chi connectivity index (χ1) is 14.7. The van der Waals surface area contributed by atoms with Gasteiger partial charge in [-0.15, -0.1) is 24.0 Å². The smallest absolute Gasteiger partial charge is 0.213 e. The standard InChI is InChI=1S/C23H34N6O.HI/c1-3-25-23(28-12-10-18(2)21(16-28)29-13-11-24-17-29)27-15-19-8-9-22(26-14-19)30-20-6-4-5-7-20;/h8-9,11,13-14,17-18,20-21H,3-7,10,12,15-16H2,1-2H3,(H,25,27);1H. The van der Waals surface area contributed by atoms with Crippen LogP contribution >= 0.6 is 24.0 Å². The second-order valence-corrected chi connectivity index (χ2v) is 8.49. The van der Waals surface area contributed by atoms with Crippen LogP contribution in [0.5, 0.6) is 5.88 Å². The van der Waals surface area contributed by atoms with Gasteiger partial charge in [-0.3, -0.25) is 0 Å². The maximum atomic E-state index is 5.97. The first-order valence-corrected chi connectivity index (χ1v) is 11.3. The Morgan fingerprint density at radius 1 is 1.26 bits per heavy atom. The number of likely N-dealkylation sites (tertiary alicyclic amines) is 1. The third kappa shape index (κ3) is 6.33. The van der Waals surface area contributed by atoms with E-state index in [9.17, 15) is 0 Å². The van der Waals surface area contributed by atoms with E-state index in [1.165, 1.54) is 12.8 Å². The number of pyridine rings is 1. The van der Waals surface area contributed by atoms with E-state index in [1.54, 1.807) is 0 Å². The zero-order valence-electron chi connectivity index (χ0n) is 18.6. The molecule has 2 atom stereocenters. The molecule has 2 aromatic rings. The van der Waals surface area contributed by atoms with Gasteiger partial charge in [0.1, 0.15) is 6.10 Å². The topological polar surface area (TPSA) is 67.6 Å². The Morgan fingerprint density at radius 3 is 2.77 bits per heavy atom.